The van der Waals surface area contributed by atoms with Gasteiger partial charge in [0.25, 0.3) is 0 Å². The van der Waals surface area contributed by atoms with Crippen LogP contribution in [0.15, 0.2) is 18.2 Å². The Hall–Kier alpha value is -1.02. The minimum Gasteiger partial charge on any atom is -0.370 e. The molecule has 0 bridgehead atoms. The second-order valence-electron chi connectivity index (χ2n) is 5.80. The first-order valence-corrected chi connectivity index (χ1v) is 8.05. The van der Waals surface area contributed by atoms with Gasteiger partial charge in [-0.3, -0.25) is 4.79 Å². The zero-order chi connectivity index (χ0) is 14.5. The first kappa shape index (κ1) is 15.4. The summed E-state index contributed by atoms with van der Waals surface area (Å²) in [5.74, 6) is 0.928. The molecule has 0 N–H and O–H groups in total. The molecular weight excluding hydrogens is 270 g/mol. The number of ketones is 1. The summed E-state index contributed by atoms with van der Waals surface area (Å²) in [7, 11) is 0. The van der Waals surface area contributed by atoms with E-state index in [0.29, 0.717) is 10.6 Å². The van der Waals surface area contributed by atoms with Gasteiger partial charge in [0.2, 0.25) is 0 Å². The number of anilines is 1. The van der Waals surface area contributed by atoms with Crippen molar-refractivity contribution in [2.24, 2.45) is 5.92 Å². The second-order valence-corrected chi connectivity index (χ2v) is 6.20. The van der Waals surface area contributed by atoms with E-state index in [9.17, 15) is 4.79 Å². The van der Waals surface area contributed by atoms with Crippen molar-refractivity contribution in [3.8, 4) is 0 Å². The van der Waals surface area contributed by atoms with Crippen LogP contribution in [0.3, 0.4) is 0 Å². The highest BCUT2D eigenvalue weighted by Crippen LogP contribution is 2.31. The number of nitrogens with zero attached hydrogens (tertiary/aromatic N) is 1. The van der Waals surface area contributed by atoms with Crippen molar-refractivity contribution >= 4 is 23.1 Å². The van der Waals surface area contributed by atoms with Crippen LogP contribution in [0, 0.1) is 5.92 Å². The number of benzene rings is 1. The second kappa shape index (κ2) is 7.12. The van der Waals surface area contributed by atoms with Crippen molar-refractivity contribution in [2.75, 3.05) is 18.0 Å². The van der Waals surface area contributed by atoms with Gasteiger partial charge in [-0.15, -0.1) is 0 Å². The third-order valence-corrected chi connectivity index (χ3v) is 4.54. The molecule has 1 saturated heterocycles. The van der Waals surface area contributed by atoms with E-state index in [0.717, 1.165) is 24.7 Å². The molecule has 2 rings (SSSR count). The van der Waals surface area contributed by atoms with Gasteiger partial charge < -0.3 is 4.90 Å². The van der Waals surface area contributed by atoms with E-state index >= 15 is 0 Å². The van der Waals surface area contributed by atoms with E-state index in [1.807, 2.05) is 12.1 Å². The molecule has 1 aromatic rings. The van der Waals surface area contributed by atoms with Gasteiger partial charge in [-0.25, -0.2) is 0 Å². The summed E-state index contributed by atoms with van der Waals surface area (Å²) in [5.41, 5.74) is 1.77. The fourth-order valence-electron chi connectivity index (χ4n) is 3.09. The van der Waals surface area contributed by atoms with Crippen molar-refractivity contribution < 1.29 is 4.79 Å². The molecule has 1 aliphatic rings. The van der Waals surface area contributed by atoms with Crippen molar-refractivity contribution in [1.29, 1.82) is 0 Å². The maximum Gasteiger partial charge on any atom is 0.159 e. The average Bonchev–Trinajstić information content (AvgIpc) is 2.65. The minimum atomic E-state index is 0.0670. The summed E-state index contributed by atoms with van der Waals surface area (Å²) in [5, 5.41) is 0.701. The Labute approximate surface area is 127 Å². The monoisotopic (exact) mass is 293 g/mol. The van der Waals surface area contributed by atoms with E-state index < -0.39 is 0 Å². The smallest absolute Gasteiger partial charge is 0.159 e. The molecule has 3 heteroatoms. The lowest BCUT2D eigenvalue weighted by molar-refractivity contribution is 0.101. The molecule has 1 heterocycles. The summed E-state index contributed by atoms with van der Waals surface area (Å²) < 4.78 is 0. The molecule has 1 aliphatic heterocycles. The summed E-state index contributed by atoms with van der Waals surface area (Å²) >= 11 is 6.36. The molecule has 1 fully saturated rings. The van der Waals surface area contributed by atoms with Crippen molar-refractivity contribution in [3.05, 3.63) is 28.8 Å². The Kier molecular flexibility index (Phi) is 5.47. The lowest BCUT2D eigenvalue weighted by Crippen LogP contribution is -2.24. The zero-order valence-corrected chi connectivity index (χ0v) is 13.2. The standard InChI is InChI=1S/C17H24ClNO/c1-3-5-14-6-4-10-19(11-9-14)17-8-7-15(13(2)20)12-16(17)18/h7-8,12,14H,3-6,9-11H2,1-2H3. The van der Waals surface area contributed by atoms with Gasteiger partial charge in [0.15, 0.2) is 5.78 Å². The van der Waals surface area contributed by atoms with Crippen LogP contribution in [0.5, 0.6) is 0 Å². The molecule has 1 aromatic carbocycles. The molecule has 1 atom stereocenters. The Bertz CT molecular complexity index is 472. The maximum atomic E-state index is 11.4. The molecule has 110 valence electrons. The van der Waals surface area contributed by atoms with Crippen LogP contribution in [0.4, 0.5) is 5.69 Å². The number of rotatable bonds is 4. The maximum absolute atomic E-state index is 11.4. The number of carbonyl (C=O) groups is 1. The lowest BCUT2D eigenvalue weighted by Gasteiger charge is -2.24. The Morgan fingerprint density at radius 2 is 2.15 bits per heavy atom. The molecule has 1 unspecified atom stereocenters. The minimum absolute atomic E-state index is 0.0670. The van der Waals surface area contributed by atoms with Gasteiger partial charge in [-0.05, 0) is 50.3 Å². The Morgan fingerprint density at radius 1 is 1.35 bits per heavy atom. The van der Waals surface area contributed by atoms with Crippen molar-refractivity contribution in [2.45, 2.75) is 46.0 Å². The third-order valence-electron chi connectivity index (χ3n) is 4.24. The molecule has 0 spiro atoms. The Balaban J connectivity index is 2.09. The molecule has 0 amide bonds. The lowest BCUT2D eigenvalue weighted by atomic mass is 9.96. The molecule has 20 heavy (non-hydrogen) atoms. The van der Waals surface area contributed by atoms with Crippen molar-refractivity contribution in [3.63, 3.8) is 0 Å². The van der Waals surface area contributed by atoms with Crippen LogP contribution in [0.2, 0.25) is 5.02 Å². The summed E-state index contributed by atoms with van der Waals surface area (Å²) in [6, 6.07) is 5.69. The van der Waals surface area contributed by atoms with E-state index in [1.165, 1.54) is 32.1 Å². The predicted octanol–water partition coefficient (Wildman–Crippen LogP) is 4.95. The van der Waals surface area contributed by atoms with Crippen LogP contribution in [0.1, 0.15) is 56.3 Å². The topological polar surface area (TPSA) is 20.3 Å². The molecule has 0 aromatic heterocycles. The highest BCUT2D eigenvalue weighted by atomic mass is 35.5. The van der Waals surface area contributed by atoms with E-state index in [-0.39, 0.29) is 5.78 Å². The van der Waals surface area contributed by atoms with Crippen LogP contribution in [-0.2, 0) is 0 Å². The number of carbonyl (C=O) groups excluding carboxylic acids is 1. The summed E-state index contributed by atoms with van der Waals surface area (Å²) in [4.78, 5) is 13.8. The Morgan fingerprint density at radius 3 is 2.80 bits per heavy atom. The SMILES string of the molecule is CCCC1CCCN(c2ccc(C(C)=O)cc2Cl)CC1. The number of hydrogen-bond acceptors (Lipinski definition) is 2. The van der Waals surface area contributed by atoms with Gasteiger partial charge in [0.1, 0.15) is 0 Å². The normalized spacial score (nSPS) is 19.8. The van der Waals surface area contributed by atoms with E-state index in [1.54, 1.807) is 13.0 Å². The summed E-state index contributed by atoms with van der Waals surface area (Å²) in [6.45, 7) is 5.98. The largest absolute Gasteiger partial charge is 0.370 e. The average molecular weight is 294 g/mol. The van der Waals surface area contributed by atoms with Crippen LogP contribution in [0.25, 0.3) is 0 Å². The zero-order valence-electron chi connectivity index (χ0n) is 12.5. The van der Waals surface area contributed by atoms with Crippen LogP contribution in [-0.4, -0.2) is 18.9 Å². The highest BCUT2D eigenvalue weighted by molar-refractivity contribution is 6.33. The number of Topliss-reactive ketones (excluding diaryl/α,β-unsaturated/α-hetero) is 1. The molecule has 0 aliphatic carbocycles. The molecular formula is C17H24ClNO. The van der Waals surface area contributed by atoms with Crippen molar-refractivity contribution in [1.82, 2.24) is 0 Å². The molecule has 0 saturated carbocycles. The van der Waals surface area contributed by atoms with Gasteiger partial charge in [0, 0.05) is 18.7 Å². The third kappa shape index (κ3) is 3.76. The van der Waals surface area contributed by atoms with Crippen LogP contribution < -0.4 is 4.90 Å². The molecule has 0 radical (unpaired) electrons. The quantitative estimate of drug-likeness (QED) is 0.732. The fourth-order valence-corrected chi connectivity index (χ4v) is 3.39. The number of halogens is 1. The van der Waals surface area contributed by atoms with Gasteiger partial charge in [-0.2, -0.15) is 0 Å². The number of hydrogen-bond donors (Lipinski definition) is 0. The fraction of sp³-hybridized carbons (Fsp3) is 0.588. The highest BCUT2D eigenvalue weighted by Gasteiger charge is 2.18. The van der Waals surface area contributed by atoms with Gasteiger partial charge in [0.05, 0.1) is 10.7 Å². The van der Waals surface area contributed by atoms with E-state index in [4.69, 9.17) is 11.6 Å². The van der Waals surface area contributed by atoms with Gasteiger partial charge >= 0.3 is 0 Å². The van der Waals surface area contributed by atoms with Gasteiger partial charge in [-0.1, -0.05) is 31.4 Å². The van der Waals surface area contributed by atoms with Crippen LogP contribution >= 0.6 is 11.6 Å². The van der Waals surface area contributed by atoms with E-state index in [2.05, 4.69) is 11.8 Å². The first-order valence-electron chi connectivity index (χ1n) is 7.67. The predicted molar refractivity (Wildman–Crippen MR) is 85.9 cm³/mol. The summed E-state index contributed by atoms with van der Waals surface area (Å²) in [6.07, 6.45) is 6.42. The molecule has 2 nitrogen and oxygen atoms in total. The first-order chi connectivity index (χ1) is 9.61.